The topological polar surface area (TPSA) is 38.2 Å². The molecule has 4 heteroatoms. The molecule has 0 N–H and O–H groups in total. The maximum Gasteiger partial charge on any atom is 0.159 e. The molecule has 1 aromatic carbocycles. The van der Waals surface area contributed by atoms with Gasteiger partial charge in [0.05, 0.1) is 12.7 Å². The van der Waals surface area contributed by atoms with Crippen LogP contribution in [0.25, 0.3) is 11.4 Å². The third-order valence-corrected chi connectivity index (χ3v) is 4.15. The molecule has 0 bridgehead atoms. The molecule has 1 unspecified atom stereocenters. The van der Waals surface area contributed by atoms with Gasteiger partial charge in [-0.05, 0) is 50.6 Å². The SMILES string of the molecule is CC(OCCN1CCCC1)c1cccc(-c2ncccn2)c1. The fourth-order valence-electron chi connectivity index (χ4n) is 2.84. The van der Waals surface area contributed by atoms with Crippen LogP contribution in [0.2, 0.25) is 0 Å². The molecule has 0 saturated carbocycles. The predicted molar refractivity (Wildman–Crippen MR) is 87.5 cm³/mol. The molecular weight excluding hydrogens is 274 g/mol. The summed E-state index contributed by atoms with van der Waals surface area (Å²) >= 11 is 0. The minimum absolute atomic E-state index is 0.0891. The molecule has 0 spiro atoms. The fraction of sp³-hybridized carbons (Fsp3) is 0.444. The van der Waals surface area contributed by atoms with Crippen LogP contribution >= 0.6 is 0 Å². The summed E-state index contributed by atoms with van der Waals surface area (Å²) in [6.45, 7) is 6.37. The van der Waals surface area contributed by atoms with Crippen LogP contribution in [0.5, 0.6) is 0 Å². The highest BCUT2D eigenvalue weighted by Crippen LogP contribution is 2.22. The van der Waals surface area contributed by atoms with E-state index in [0.717, 1.165) is 24.5 Å². The largest absolute Gasteiger partial charge is 0.372 e. The normalized spacial score (nSPS) is 16.8. The van der Waals surface area contributed by atoms with E-state index in [1.54, 1.807) is 12.4 Å². The molecule has 1 aliphatic rings. The monoisotopic (exact) mass is 297 g/mol. The lowest BCUT2D eigenvalue weighted by molar-refractivity contribution is 0.0517. The van der Waals surface area contributed by atoms with E-state index >= 15 is 0 Å². The first-order valence-electron chi connectivity index (χ1n) is 8.04. The Kier molecular flexibility index (Phi) is 5.14. The Morgan fingerprint density at radius 2 is 1.91 bits per heavy atom. The summed E-state index contributed by atoms with van der Waals surface area (Å²) in [5.41, 5.74) is 2.21. The second-order valence-corrected chi connectivity index (χ2v) is 5.76. The maximum absolute atomic E-state index is 6.00. The van der Waals surface area contributed by atoms with Crippen LogP contribution in [-0.4, -0.2) is 41.1 Å². The Bertz CT molecular complexity index is 582. The Hall–Kier alpha value is -1.78. The Balaban J connectivity index is 1.59. The smallest absolute Gasteiger partial charge is 0.159 e. The minimum atomic E-state index is 0.0891. The van der Waals surface area contributed by atoms with Crippen molar-refractivity contribution in [3.05, 3.63) is 48.3 Å². The molecular formula is C18H23N3O. The van der Waals surface area contributed by atoms with Crippen molar-refractivity contribution in [2.24, 2.45) is 0 Å². The van der Waals surface area contributed by atoms with Crippen LogP contribution in [0.4, 0.5) is 0 Å². The van der Waals surface area contributed by atoms with Gasteiger partial charge in [0.25, 0.3) is 0 Å². The summed E-state index contributed by atoms with van der Waals surface area (Å²) in [6, 6.07) is 10.1. The molecule has 0 amide bonds. The summed E-state index contributed by atoms with van der Waals surface area (Å²) in [5, 5.41) is 0. The van der Waals surface area contributed by atoms with E-state index < -0.39 is 0 Å². The maximum atomic E-state index is 6.00. The summed E-state index contributed by atoms with van der Waals surface area (Å²) in [6.07, 6.45) is 6.28. The lowest BCUT2D eigenvalue weighted by Gasteiger charge is -2.18. The molecule has 0 aliphatic carbocycles. The van der Waals surface area contributed by atoms with E-state index in [4.69, 9.17) is 4.74 Å². The molecule has 1 aromatic heterocycles. The number of rotatable bonds is 6. The highest BCUT2D eigenvalue weighted by Gasteiger charge is 2.12. The zero-order chi connectivity index (χ0) is 15.2. The van der Waals surface area contributed by atoms with Crippen molar-refractivity contribution < 1.29 is 4.74 Å². The molecule has 3 rings (SSSR count). The van der Waals surface area contributed by atoms with Crippen molar-refractivity contribution in [3.63, 3.8) is 0 Å². The van der Waals surface area contributed by atoms with Crippen LogP contribution < -0.4 is 0 Å². The summed E-state index contributed by atoms with van der Waals surface area (Å²) in [4.78, 5) is 11.1. The van der Waals surface area contributed by atoms with E-state index in [2.05, 4.69) is 33.9 Å². The molecule has 1 atom stereocenters. The lowest BCUT2D eigenvalue weighted by atomic mass is 10.1. The number of nitrogens with zero attached hydrogens (tertiary/aromatic N) is 3. The lowest BCUT2D eigenvalue weighted by Crippen LogP contribution is -2.24. The van der Waals surface area contributed by atoms with E-state index in [1.807, 2.05) is 18.2 Å². The number of hydrogen-bond acceptors (Lipinski definition) is 4. The number of aromatic nitrogens is 2. The molecule has 0 radical (unpaired) electrons. The van der Waals surface area contributed by atoms with Gasteiger partial charge in [-0.1, -0.05) is 18.2 Å². The predicted octanol–water partition coefficient (Wildman–Crippen LogP) is 3.32. The van der Waals surface area contributed by atoms with E-state index in [1.165, 1.54) is 31.5 Å². The van der Waals surface area contributed by atoms with Crippen molar-refractivity contribution in [1.82, 2.24) is 14.9 Å². The standard InChI is InChI=1S/C18H23N3O/c1-15(22-13-12-21-10-2-3-11-21)16-6-4-7-17(14-16)18-19-8-5-9-20-18/h4-9,14-15H,2-3,10-13H2,1H3. The second-order valence-electron chi connectivity index (χ2n) is 5.76. The second kappa shape index (κ2) is 7.47. The van der Waals surface area contributed by atoms with Crippen LogP contribution in [0.1, 0.15) is 31.4 Å². The number of hydrogen-bond donors (Lipinski definition) is 0. The number of ether oxygens (including phenoxy) is 1. The molecule has 2 aromatic rings. The van der Waals surface area contributed by atoms with Crippen molar-refractivity contribution in [1.29, 1.82) is 0 Å². The van der Waals surface area contributed by atoms with Crippen molar-refractivity contribution in [2.75, 3.05) is 26.2 Å². The first-order valence-corrected chi connectivity index (χ1v) is 8.04. The molecule has 22 heavy (non-hydrogen) atoms. The van der Waals surface area contributed by atoms with Gasteiger partial charge in [-0.2, -0.15) is 0 Å². The first kappa shape index (κ1) is 15.1. The van der Waals surface area contributed by atoms with Crippen LogP contribution in [0, 0.1) is 0 Å². The van der Waals surface area contributed by atoms with Gasteiger partial charge in [-0.15, -0.1) is 0 Å². The number of likely N-dealkylation sites (tertiary alicyclic amines) is 1. The Morgan fingerprint density at radius 3 is 2.68 bits per heavy atom. The average molecular weight is 297 g/mol. The zero-order valence-corrected chi connectivity index (χ0v) is 13.1. The van der Waals surface area contributed by atoms with Gasteiger partial charge < -0.3 is 9.64 Å². The van der Waals surface area contributed by atoms with E-state index in [0.29, 0.717) is 0 Å². The summed E-state index contributed by atoms with van der Waals surface area (Å²) in [5.74, 6) is 0.758. The van der Waals surface area contributed by atoms with Crippen molar-refractivity contribution >= 4 is 0 Å². The van der Waals surface area contributed by atoms with Gasteiger partial charge in [0.15, 0.2) is 5.82 Å². The van der Waals surface area contributed by atoms with E-state index in [-0.39, 0.29) is 6.10 Å². The van der Waals surface area contributed by atoms with Gasteiger partial charge in [-0.3, -0.25) is 0 Å². The molecule has 1 aliphatic heterocycles. The van der Waals surface area contributed by atoms with Gasteiger partial charge in [-0.25, -0.2) is 9.97 Å². The molecule has 4 nitrogen and oxygen atoms in total. The quantitative estimate of drug-likeness (QED) is 0.820. The Morgan fingerprint density at radius 1 is 1.14 bits per heavy atom. The average Bonchev–Trinajstić information content (AvgIpc) is 3.09. The van der Waals surface area contributed by atoms with E-state index in [9.17, 15) is 0 Å². The molecule has 2 heterocycles. The minimum Gasteiger partial charge on any atom is -0.372 e. The van der Waals surface area contributed by atoms with Crippen LogP contribution in [0.3, 0.4) is 0 Å². The fourth-order valence-corrected chi connectivity index (χ4v) is 2.84. The van der Waals surface area contributed by atoms with Crippen molar-refractivity contribution in [3.8, 4) is 11.4 Å². The van der Waals surface area contributed by atoms with Gasteiger partial charge >= 0.3 is 0 Å². The van der Waals surface area contributed by atoms with Crippen molar-refractivity contribution in [2.45, 2.75) is 25.9 Å². The Labute approximate surface area is 132 Å². The van der Waals surface area contributed by atoms with Gasteiger partial charge in [0.1, 0.15) is 0 Å². The highest BCUT2D eigenvalue weighted by molar-refractivity contribution is 5.55. The summed E-state index contributed by atoms with van der Waals surface area (Å²) < 4.78 is 6.00. The van der Waals surface area contributed by atoms with Crippen LogP contribution in [-0.2, 0) is 4.74 Å². The van der Waals surface area contributed by atoms with Gasteiger partial charge in [0, 0.05) is 24.5 Å². The van der Waals surface area contributed by atoms with Gasteiger partial charge in [0.2, 0.25) is 0 Å². The summed E-state index contributed by atoms with van der Waals surface area (Å²) in [7, 11) is 0. The third-order valence-electron chi connectivity index (χ3n) is 4.15. The number of benzene rings is 1. The van der Waals surface area contributed by atoms with Crippen LogP contribution in [0.15, 0.2) is 42.7 Å². The molecule has 1 saturated heterocycles. The molecule has 1 fully saturated rings. The highest BCUT2D eigenvalue weighted by atomic mass is 16.5. The first-order chi connectivity index (χ1) is 10.8. The third kappa shape index (κ3) is 3.90. The zero-order valence-electron chi connectivity index (χ0n) is 13.1. The molecule has 116 valence electrons.